The standard InChI is InChI=1S/C13H16BrNO4/c14-10-6-5-7-9(13(17)19-11(7)10)8(6)12(16)15-1-3-18-4-2-15/h6-11H,1-5H2/t6-,7+,8-,9+,10-,11+/m1/s1. The Morgan fingerprint density at radius 1 is 1.26 bits per heavy atom. The van der Waals surface area contributed by atoms with Crippen molar-refractivity contribution in [2.45, 2.75) is 17.4 Å². The summed E-state index contributed by atoms with van der Waals surface area (Å²) in [5.74, 6) is 0.0881. The Bertz CT molecular complexity index is 436. The molecule has 2 bridgehead atoms. The number of ether oxygens (including phenoxy) is 2. The van der Waals surface area contributed by atoms with E-state index in [1.165, 1.54) is 0 Å². The number of hydrogen-bond acceptors (Lipinski definition) is 4. The van der Waals surface area contributed by atoms with Crippen LogP contribution in [0.2, 0.25) is 0 Å². The van der Waals surface area contributed by atoms with Gasteiger partial charge in [-0.15, -0.1) is 0 Å². The molecule has 2 saturated carbocycles. The summed E-state index contributed by atoms with van der Waals surface area (Å²) >= 11 is 3.64. The Kier molecular flexibility index (Phi) is 2.68. The molecule has 4 rings (SSSR count). The largest absolute Gasteiger partial charge is 0.461 e. The van der Waals surface area contributed by atoms with E-state index in [1.807, 2.05) is 4.90 Å². The van der Waals surface area contributed by atoms with Gasteiger partial charge in [0.05, 0.1) is 29.9 Å². The second-order valence-electron chi connectivity index (χ2n) is 5.90. The number of rotatable bonds is 1. The monoisotopic (exact) mass is 329 g/mol. The third-order valence-corrected chi connectivity index (χ3v) is 6.33. The van der Waals surface area contributed by atoms with Gasteiger partial charge in [0.25, 0.3) is 0 Å². The summed E-state index contributed by atoms with van der Waals surface area (Å²) in [6.07, 6.45) is 0.939. The molecule has 0 spiro atoms. The summed E-state index contributed by atoms with van der Waals surface area (Å²) in [4.78, 5) is 26.7. The van der Waals surface area contributed by atoms with E-state index in [2.05, 4.69) is 15.9 Å². The quantitative estimate of drug-likeness (QED) is 0.516. The van der Waals surface area contributed by atoms with Crippen LogP contribution in [0, 0.1) is 23.7 Å². The highest BCUT2D eigenvalue weighted by atomic mass is 79.9. The highest BCUT2D eigenvalue weighted by Gasteiger charge is 2.68. The summed E-state index contributed by atoms with van der Waals surface area (Å²) in [5.41, 5.74) is 0. The number of carbonyl (C=O) groups is 2. The molecule has 1 amide bonds. The smallest absolute Gasteiger partial charge is 0.310 e. The van der Waals surface area contributed by atoms with Gasteiger partial charge in [-0.2, -0.15) is 0 Å². The molecule has 0 aromatic carbocycles. The minimum Gasteiger partial charge on any atom is -0.461 e. The fraction of sp³-hybridized carbons (Fsp3) is 0.846. The fourth-order valence-electron chi connectivity index (χ4n) is 4.30. The zero-order valence-corrected chi connectivity index (χ0v) is 12.0. The molecule has 0 N–H and O–H groups in total. The third kappa shape index (κ3) is 1.56. The van der Waals surface area contributed by atoms with Crippen LogP contribution in [0.15, 0.2) is 0 Å². The number of amides is 1. The van der Waals surface area contributed by atoms with Gasteiger partial charge in [-0.25, -0.2) is 0 Å². The first-order valence-electron chi connectivity index (χ1n) is 6.89. The lowest BCUT2D eigenvalue weighted by atomic mass is 9.79. The van der Waals surface area contributed by atoms with Gasteiger partial charge in [-0.1, -0.05) is 15.9 Å². The average Bonchev–Trinajstić information content (AvgIpc) is 3.03. The molecule has 6 heteroatoms. The Morgan fingerprint density at radius 2 is 2.00 bits per heavy atom. The lowest BCUT2D eigenvalue weighted by molar-refractivity contribution is -0.149. The van der Waals surface area contributed by atoms with E-state index in [4.69, 9.17) is 9.47 Å². The zero-order chi connectivity index (χ0) is 13.1. The molecule has 5 nitrogen and oxygen atoms in total. The molecular weight excluding hydrogens is 314 g/mol. The van der Waals surface area contributed by atoms with Crippen LogP contribution in [-0.2, 0) is 19.1 Å². The summed E-state index contributed by atoms with van der Waals surface area (Å²) in [7, 11) is 0. The van der Waals surface area contributed by atoms with Gasteiger partial charge in [0.1, 0.15) is 6.10 Å². The van der Waals surface area contributed by atoms with Crippen molar-refractivity contribution >= 4 is 27.8 Å². The van der Waals surface area contributed by atoms with Crippen molar-refractivity contribution < 1.29 is 19.1 Å². The van der Waals surface area contributed by atoms with Crippen molar-refractivity contribution in [3.8, 4) is 0 Å². The lowest BCUT2D eigenvalue weighted by Crippen LogP contribution is -2.49. The van der Waals surface area contributed by atoms with Gasteiger partial charge in [-0.05, 0) is 12.3 Å². The van der Waals surface area contributed by atoms with Crippen LogP contribution in [-0.4, -0.2) is 54.0 Å². The number of carbonyl (C=O) groups excluding carboxylic acids is 2. The minimum atomic E-state index is -0.195. The molecule has 2 heterocycles. The minimum absolute atomic E-state index is 0.00348. The van der Waals surface area contributed by atoms with Crippen molar-refractivity contribution in [2.24, 2.45) is 23.7 Å². The summed E-state index contributed by atoms with van der Waals surface area (Å²) < 4.78 is 10.7. The Hall–Kier alpha value is -0.620. The van der Waals surface area contributed by atoms with Gasteiger partial charge < -0.3 is 14.4 Å². The van der Waals surface area contributed by atoms with Crippen molar-refractivity contribution in [2.75, 3.05) is 26.3 Å². The summed E-state index contributed by atoms with van der Waals surface area (Å²) in [5, 5.41) is 0. The van der Waals surface area contributed by atoms with Gasteiger partial charge in [0.2, 0.25) is 5.91 Å². The molecule has 4 fully saturated rings. The van der Waals surface area contributed by atoms with E-state index < -0.39 is 0 Å². The maximum Gasteiger partial charge on any atom is 0.310 e. The number of halogens is 1. The van der Waals surface area contributed by atoms with E-state index in [-0.39, 0.29) is 46.5 Å². The SMILES string of the molecule is O=C1O[C@@H]2[C@H](Br)[C@@H]3C[C@H]2[C@H]1[C@@H]3C(=O)N1CCOCC1. The number of hydrogen-bond donors (Lipinski definition) is 0. The molecule has 2 aliphatic heterocycles. The molecule has 0 unspecified atom stereocenters. The van der Waals surface area contributed by atoms with Crippen molar-refractivity contribution in [1.29, 1.82) is 0 Å². The van der Waals surface area contributed by atoms with Crippen LogP contribution in [0.3, 0.4) is 0 Å². The summed E-state index contributed by atoms with van der Waals surface area (Å²) in [6, 6.07) is 0. The molecule has 0 aromatic rings. The first-order valence-corrected chi connectivity index (χ1v) is 7.81. The summed E-state index contributed by atoms with van der Waals surface area (Å²) in [6.45, 7) is 2.49. The van der Waals surface area contributed by atoms with Crippen molar-refractivity contribution in [3.05, 3.63) is 0 Å². The number of nitrogens with zero attached hydrogens (tertiary/aromatic N) is 1. The highest BCUT2D eigenvalue weighted by molar-refractivity contribution is 9.09. The van der Waals surface area contributed by atoms with Crippen LogP contribution in [0.25, 0.3) is 0 Å². The zero-order valence-electron chi connectivity index (χ0n) is 10.5. The predicted molar refractivity (Wildman–Crippen MR) is 68.6 cm³/mol. The second-order valence-corrected chi connectivity index (χ2v) is 6.96. The number of morpholine rings is 1. The van der Waals surface area contributed by atoms with Gasteiger partial charge in [-0.3, -0.25) is 9.59 Å². The maximum atomic E-state index is 12.7. The number of fused-ring (bicyclic) bond motifs is 1. The molecule has 6 atom stereocenters. The predicted octanol–water partition coefficient (Wildman–Crippen LogP) is 0.416. The average molecular weight is 330 g/mol. The van der Waals surface area contributed by atoms with Gasteiger partial charge in [0, 0.05) is 19.0 Å². The Morgan fingerprint density at radius 3 is 2.74 bits per heavy atom. The van der Waals surface area contributed by atoms with Crippen LogP contribution in [0.5, 0.6) is 0 Å². The molecule has 0 radical (unpaired) electrons. The van der Waals surface area contributed by atoms with Gasteiger partial charge in [0.15, 0.2) is 0 Å². The van der Waals surface area contributed by atoms with Crippen LogP contribution in [0.4, 0.5) is 0 Å². The van der Waals surface area contributed by atoms with E-state index in [1.54, 1.807) is 0 Å². The molecule has 2 aliphatic carbocycles. The first-order chi connectivity index (χ1) is 9.18. The highest BCUT2D eigenvalue weighted by Crippen LogP contribution is 2.60. The van der Waals surface area contributed by atoms with E-state index in [0.717, 1.165) is 6.42 Å². The molecular formula is C13H16BrNO4. The van der Waals surface area contributed by atoms with Crippen LogP contribution in [0.1, 0.15) is 6.42 Å². The number of alkyl halides is 1. The van der Waals surface area contributed by atoms with Crippen molar-refractivity contribution in [1.82, 2.24) is 4.90 Å². The molecule has 4 aliphatic rings. The normalized spacial score (nSPS) is 47.6. The molecule has 104 valence electrons. The Labute approximate surface area is 119 Å². The topological polar surface area (TPSA) is 55.8 Å². The molecule has 19 heavy (non-hydrogen) atoms. The molecule has 2 saturated heterocycles. The lowest BCUT2D eigenvalue weighted by Gasteiger charge is -2.34. The van der Waals surface area contributed by atoms with Gasteiger partial charge >= 0.3 is 5.97 Å². The maximum absolute atomic E-state index is 12.7. The fourth-order valence-corrected chi connectivity index (χ4v) is 5.35. The number of esters is 1. The van der Waals surface area contributed by atoms with Crippen LogP contribution < -0.4 is 0 Å². The molecule has 0 aromatic heterocycles. The van der Waals surface area contributed by atoms with E-state index >= 15 is 0 Å². The second kappa shape index (κ2) is 4.19. The first kappa shape index (κ1) is 12.1. The van der Waals surface area contributed by atoms with E-state index in [9.17, 15) is 9.59 Å². The Balaban J connectivity index is 1.61. The van der Waals surface area contributed by atoms with Crippen molar-refractivity contribution in [3.63, 3.8) is 0 Å². The van der Waals surface area contributed by atoms with E-state index in [0.29, 0.717) is 26.3 Å². The van der Waals surface area contributed by atoms with Crippen LogP contribution >= 0.6 is 15.9 Å². The third-order valence-electron chi connectivity index (χ3n) is 5.13.